The van der Waals surface area contributed by atoms with Crippen LogP contribution in [0.5, 0.6) is 0 Å². The molecule has 1 N–H and O–H groups in total. The molecule has 12 heavy (non-hydrogen) atoms. The second kappa shape index (κ2) is 5.84. The molecule has 0 atom stereocenters. The van der Waals surface area contributed by atoms with Gasteiger partial charge in [-0.25, -0.2) is 0 Å². The molecule has 0 aliphatic rings. The summed E-state index contributed by atoms with van der Waals surface area (Å²) in [4.78, 5) is 2.17. The molecule has 0 aromatic heterocycles. The first-order chi connectivity index (χ1) is 5.54. The monoisotopic (exact) mass is 168 g/mol. The molecule has 0 bridgehead atoms. The summed E-state index contributed by atoms with van der Waals surface area (Å²) >= 11 is 0. The average Bonchev–Trinajstić information content (AvgIpc) is 1.97. The van der Waals surface area contributed by atoms with E-state index in [0.717, 1.165) is 30.8 Å². The van der Waals surface area contributed by atoms with E-state index in [9.17, 15) is 0 Å². The predicted octanol–water partition coefficient (Wildman–Crippen LogP) is 1.62. The van der Waals surface area contributed by atoms with Crippen LogP contribution in [0.3, 0.4) is 0 Å². The second-order valence-electron chi connectivity index (χ2n) is 3.34. The molecular weight excluding hydrogens is 148 g/mol. The summed E-state index contributed by atoms with van der Waals surface area (Å²) in [6.45, 7) is 11.7. The maximum Gasteiger partial charge on any atom is 0.0290 e. The molecule has 0 aromatic carbocycles. The Labute approximate surface area is 76.0 Å². The molecule has 0 spiro atoms. The summed E-state index contributed by atoms with van der Waals surface area (Å²) in [6, 6.07) is 0. The van der Waals surface area contributed by atoms with Crippen molar-refractivity contribution in [3.05, 3.63) is 24.4 Å². The Bertz CT molecular complexity index is 159. The quantitative estimate of drug-likeness (QED) is 0.479. The van der Waals surface area contributed by atoms with Crippen LogP contribution in [0.4, 0.5) is 0 Å². The van der Waals surface area contributed by atoms with Crippen molar-refractivity contribution < 1.29 is 0 Å². The minimum atomic E-state index is 0.953. The highest BCUT2D eigenvalue weighted by atomic mass is 15.1. The summed E-state index contributed by atoms with van der Waals surface area (Å²) in [6.07, 6.45) is 1.14. The van der Waals surface area contributed by atoms with Gasteiger partial charge in [0.1, 0.15) is 0 Å². The Kier molecular flexibility index (Phi) is 5.47. The molecule has 0 aliphatic carbocycles. The molecule has 0 aliphatic heterocycles. The molecule has 0 amide bonds. The average molecular weight is 168 g/mol. The van der Waals surface area contributed by atoms with Gasteiger partial charge < -0.3 is 10.2 Å². The SMILES string of the molecule is C=C(C)C(=C)NCCCN(C)C. The second-order valence-corrected chi connectivity index (χ2v) is 3.34. The minimum Gasteiger partial charge on any atom is -0.385 e. The first-order valence-corrected chi connectivity index (χ1v) is 4.27. The van der Waals surface area contributed by atoms with Crippen LogP contribution in [-0.4, -0.2) is 32.1 Å². The van der Waals surface area contributed by atoms with E-state index < -0.39 is 0 Å². The van der Waals surface area contributed by atoms with E-state index in [1.54, 1.807) is 0 Å². The van der Waals surface area contributed by atoms with Gasteiger partial charge >= 0.3 is 0 Å². The van der Waals surface area contributed by atoms with Gasteiger partial charge in [0, 0.05) is 12.2 Å². The van der Waals surface area contributed by atoms with Crippen molar-refractivity contribution in [1.82, 2.24) is 10.2 Å². The van der Waals surface area contributed by atoms with Crippen molar-refractivity contribution in [3.63, 3.8) is 0 Å². The fraction of sp³-hybridized carbons (Fsp3) is 0.600. The lowest BCUT2D eigenvalue weighted by Crippen LogP contribution is -2.20. The van der Waals surface area contributed by atoms with Crippen molar-refractivity contribution in [3.8, 4) is 0 Å². The Morgan fingerprint density at radius 1 is 1.33 bits per heavy atom. The Morgan fingerprint density at radius 2 is 1.92 bits per heavy atom. The maximum atomic E-state index is 3.85. The third-order valence-electron chi connectivity index (χ3n) is 1.64. The zero-order chi connectivity index (χ0) is 9.56. The molecule has 0 saturated heterocycles. The minimum absolute atomic E-state index is 0.953. The van der Waals surface area contributed by atoms with Gasteiger partial charge in [-0.15, -0.1) is 0 Å². The first kappa shape index (κ1) is 11.2. The lowest BCUT2D eigenvalue weighted by Gasteiger charge is -2.11. The summed E-state index contributed by atoms with van der Waals surface area (Å²) in [5.74, 6) is 0. The summed E-state index contributed by atoms with van der Waals surface area (Å²) in [5.41, 5.74) is 1.97. The number of nitrogens with zero attached hydrogens (tertiary/aromatic N) is 1. The van der Waals surface area contributed by atoms with Gasteiger partial charge in [-0.1, -0.05) is 13.2 Å². The van der Waals surface area contributed by atoms with Crippen molar-refractivity contribution in [2.75, 3.05) is 27.2 Å². The largest absolute Gasteiger partial charge is 0.385 e. The fourth-order valence-corrected chi connectivity index (χ4v) is 0.785. The van der Waals surface area contributed by atoms with Gasteiger partial charge in [-0.3, -0.25) is 0 Å². The maximum absolute atomic E-state index is 3.85. The van der Waals surface area contributed by atoms with Crippen LogP contribution < -0.4 is 5.32 Å². The van der Waals surface area contributed by atoms with Crippen LogP contribution in [0.2, 0.25) is 0 Å². The molecule has 0 saturated carbocycles. The Morgan fingerprint density at radius 3 is 2.33 bits per heavy atom. The molecule has 0 heterocycles. The highest BCUT2D eigenvalue weighted by Crippen LogP contribution is 1.97. The van der Waals surface area contributed by atoms with Crippen LogP contribution in [0.15, 0.2) is 24.4 Å². The summed E-state index contributed by atoms with van der Waals surface area (Å²) in [5, 5.41) is 3.22. The molecule has 0 aromatic rings. The standard InChI is InChI=1S/C10H20N2/c1-9(2)10(3)11-7-6-8-12(4)5/h11H,1,3,6-8H2,2,4-5H3. The highest BCUT2D eigenvalue weighted by Gasteiger charge is 1.93. The Balaban J connectivity index is 3.32. The third kappa shape index (κ3) is 5.98. The van der Waals surface area contributed by atoms with E-state index in [1.807, 2.05) is 6.92 Å². The van der Waals surface area contributed by atoms with Gasteiger partial charge in [0.25, 0.3) is 0 Å². The van der Waals surface area contributed by atoms with Crippen molar-refractivity contribution in [1.29, 1.82) is 0 Å². The normalized spacial score (nSPS) is 10.0. The zero-order valence-corrected chi connectivity index (χ0v) is 8.48. The number of nitrogens with one attached hydrogen (secondary N) is 1. The lowest BCUT2D eigenvalue weighted by atomic mass is 10.2. The van der Waals surface area contributed by atoms with Crippen molar-refractivity contribution in [2.24, 2.45) is 0 Å². The van der Waals surface area contributed by atoms with Gasteiger partial charge in [-0.05, 0) is 39.6 Å². The zero-order valence-electron chi connectivity index (χ0n) is 8.48. The molecule has 0 radical (unpaired) electrons. The highest BCUT2D eigenvalue weighted by molar-refractivity contribution is 5.20. The van der Waals surface area contributed by atoms with Gasteiger partial charge in [0.15, 0.2) is 0 Å². The van der Waals surface area contributed by atoms with Crippen LogP contribution in [-0.2, 0) is 0 Å². The predicted molar refractivity (Wildman–Crippen MR) is 55.1 cm³/mol. The lowest BCUT2D eigenvalue weighted by molar-refractivity contribution is 0.398. The summed E-state index contributed by atoms with van der Waals surface area (Å²) in [7, 11) is 4.15. The van der Waals surface area contributed by atoms with Crippen LogP contribution >= 0.6 is 0 Å². The molecule has 0 fully saturated rings. The van der Waals surface area contributed by atoms with Crippen molar-refractivity contribution in [2.45, 2.75) is 13.3 Å². The number of rotatable bonds is 6. The van der Waals surface area contributed by atoms with Gasteiger partial charge in [0.05, 0.1) is 0 Å². The van der Waals surface area contributed by atoms with E-state index in [2.05, 4.69) is 37.5 Å². The van der Waals surface area contributed by atoms with Crippen LogP contribution in [0, 0.1) is 0 Å². The van der Waals surface area contributed by atoms with Gasteiger partial charge in [-0.2, -0.15) is 0 Å². The van der Waals surface area contributed by atoms with E-state index in [-0.39, 0.29) is 0 Å². The molecule has 70 valence electrons. The van der Waals surface area contributed by atoms with Crippen LogP contribution in [0.25, 0.3) is 0 Å². The third-order valence-corrected chi connectivity index (χ3v) is 1.64. The molecule has 2 nitrogen and oxygen atoms in total. The van der Waals surface area contributed by atoms with Gasteiger partial charge in [0.2, 0.25) is 0 Å². The number of hydrogen-bond donors (Lipinski definition) is 1. The first-order valence-electron chi connectivity index (χ1n) is 4.27. The Hall–Kier alpha value is -0.760. The topological polar surface area (TPSA) is 15.3 Å². The molecule has 0 rings (SSSR count). The van der Waals surface area contributed by atoms with E-state index in [1.165, 1.54) is 0 Å². The van der Waals surface area contributed by atoms with Crippen molar-refractivity contribution >= 4 is 0 Å². The molecule has 0 unspecified atom stereocenters. The molecule has 2 heteroatoms. The fourth-order valence-electron chi connectivity index (χ4n) is 0.785. The number of allylic oxidation sites excluding steroid dienone is 1. The van der Waals surface area contributed by atoms with Crippen LogP contribution in [0.1, 0.15) is 13.3 Å². The summed E-state index contributed by atoms with van der Waals surface area (Å²) < 4.78 is 0. The molecular formula is C10H20N2. The van der Waals surface area contributed by atoms with E-state index in [0.29, 0.717) is 0 Å². The smallest absolute Gasteiger partial charge is 0.0290 e. The number of hydrogen-bond acceptors (Lipinski definition) is 2. The van der Waals surface area contributed by atoms with E-state index >= 15 is 0 Å². The van der Waals surface area contributed by atoms with E-state index in [4.69, 9.17) is 0 Å².